The maximum atomic E-state index is 13.0. The van der Waals surface area contributed by atoms with Gasteiger partial charge >= 0.3 is 0 Å². The Balaban J connectivity index is 1.43. The average Bonchev–Trinajstić information content (AvgIpc) is 3.03. The van der Waals surface area contributed by atoms with Crippen molar-refractivity contribution in [1.82, 2.24) is 14.9 Å². The van der Waals surface area contributed by atoms with E-state index < -0.39 is 0 Å². The molecular formula is C21H32N4O3. The maximum Gasteiger partial charge on any atom is 0.255 e. The van der Waals surface area contributed by atoms with E-state index in [2.05, 4.69) is 21.8 Å². The van der Waals surface area contributed by atoms with Crippen molar-refractivity contribution in [3.63, 3.8) is 0 Å². The second kappa shape index (κ2) is 8.23. The Kier molecular flexibility index (Phi) is 5.71. The molecule has 3 aliphatic rings. The molecule has 1 aromatic rings. The molecule has 154 valence electrons. The minimum Gasteiger partial charge on any atom is -0.378 e. The Bertz CT molecular complexity index is 771. The molecule has 1 N–H and O–H groups in total. The van der Waals surface area contributed by atoms with Gasteiger partial charge in [0.15, 0.2) is 0 Å². The number of fused-ring (bicyclic) bond motifs is 1. The number of aryl methyl sites for hydroxylation is 1. The molecule has 0 radical (unpaired) electrons. The van der Waals surface area contributed by atoms with Crippen LogP contribution in [0.4, 0.5) is 5.95 Å². The van der Waals surface area contributed by atoms with E-state index in [0.29, 0.717) is 55.6 Å². The second-order valence-corrected chi connectivity index (χ2v) is 8.55. The number of aromatic amines is 1. The molecule has 1 saturated carbocycles. The predicted molar refractivity (Wildman–Crippen MR) is 108 cm³/mol. The summed E-state index contributed by atoms with van der Waals surface area (Å²) in [5.41, 5.74) is 1.24. The van der Waals surface area contributed by atoms with Crippen molar-refractivity contribution in [2.24, 2.45) is 5.92 Å². The van der Waals surface area contributed by atoms with Gasteiger partial charge in [-0.3, -0.25) is 14.6 Å². The third-order valence-electron chi connectivity index (χ3n) is 6.74. The minimum atomic E-state index is -0.119. The van der Waals surface area contributed by atoms with Gasteiger partial charge in [-0.15, -0.1) is 0 Å². The molecule has 0 spiro atoms. The van der Waals surface area contributed by atoms with Crippen LogP contribution in [0.2, 0.25) is 0 Å². The summed E-state index contributed by atoms with van der Waals surface area (Å²) in [7, 11) is 0. The molecule has 3 unspecified atom stereocenters. The van der Waals surface area contributed by atoms with E-state index in [4.69, 9.17) is 4.74 Å². The normalized spacial score (nSPS) is 27.7. The van der Waals surface area contributed by atoms with Crippen molar-refractivity contribution >= 4 is 11.9 Å². The van der Waals surface area contributed by atoms with E-state index in [-0.39, 0.29) is 11.5 Å². The van der Waals surface area contributed by atoms with Gasteiger partial charge in [0, 0.05) is 42.9 Å². The second-order valence-electron chi connectivity index (χ2n) is 8.55. The third-order valence-corrected chi connectivity index (χ3v) is 6.74. The van der Waals surface area contributed by atoms with Gasteiger partial charge in [-0.25, -0.2) is 4.98 Å². The number of H-pyrrole nitrogens is 1. The molecular weight excluding hydrogens is 356 g/mol. The summed E-state index contributed by atoms with van der Waals surface area (Å²) in [6.45, 7) is 6.80. The molecule has 1 aliphatic carbocycles. The quantitative estimate of drug-likeness (QED) is 0.854. The lowest BCUT2D eigenvalue weighted by Gasteiger charge is -2.33. The Morgan fingerprint density at radius 2 is 2.00 bits per heavy atom. The standard InChI is InChI=1S/C21H32N4O3/c1-14-13-16-5-3-4-6-18(16)25(14)19(26)8-7-17-15(2)22-21(23-20(17)27)24-9-11-28-12-10-24/h14,16,18H,3-13H2,1-2H3,(H,22,23,27). The van der Waals surface area contributed by atoms with Gasteiger partial charge in [0.1, 0.15) is 0 Å². The van der Waals surface area contributed by atoms with Gasteiger partial charge in [-0.1, -0.05) is 12.8 Å². The molecule has 28 heavy (non-hydrogen) atoms. The van der Waals surface area contributed by atoms with Crippen LogP contribution < -0.4 is 10.5 Å². The number of hydrogen-bond acceptors (Lipinski definition) is 5. The largest absolute Gasteiger partial charge is 0.378 e. The summed E-state index contributed by atoms with van der Waals surface area (Å²) < 4.78 is 5.36. The van der Waals surface area contributed by atoms with Crippen molar-refractivity contribution in [2.45, 2.75) is 70.9 Å². The molecule has 4 rings (SSSR count). The zero-order valence-electron chi connectivity index (χ0n) is 17.1. The van der Waals surface area contributed by atoms with Crippen LogP contribution in [0.5, 0.6) is 0 Å². The van der Waals surface area contributed by atoms with Gasteiger partial charge in [-0.05, 0) is 45.4 Å². The van der Waals surface area contributed by atoms with Crippen molar-refractivity contribution in [2.75, 3.05) is 31.2 Å². The molecule has 3 heterocycles. The summed E-state index contributed by atoms with van der Waals surface area (Å²) in [4.78, 5) is 37.3. The summed E-state index contributed by atoms with van der Waals surface area (Å²) in [6.07, 6.45) is 6.88. The van der Waals surface area contributed by atoms with Gasteiger partial charge in [0.2, 0.25) is 11.9 Å². The highest BCUT2D eigenvalue weighted by Crippen LogP contribution is 2.39. The smallest absolute Gasteiger partial charge is 0.255 e. The van der Waals surface area contributed by atoms with E-state index in [9.17, 15) is 9.59 Å². The third kappa shape index (κ3) is 3.81. The summed E-state index contributed by atoms with van der Waals surface area (Å²) in [5, 5.41) is 0. The van der Waals surface area contributed by atoms with Gasteiger partial charge in [0.05, 0.1) is 13.2 Å². The lowest BCUT2D eigenvalue weighted by atomic mass is 9.85. The van der Waals surface area contributed by atoms with E-state index in [1.807, 2.05) is 11.8 Å². The van der Waals surface area contributed by atoms with Crippen LogP contribution in [0.25, 0.3) is 0 Å². The molecule has 1 aromatic heterocycles. The number of carbonyl (C=O) groups excluding carboxylic acids is 1. The van der Waals surface area contributed by atoms with Crippen LogP contribution >= 0.6 is 0 Å². The molecule has 0 aromatic carbocycles. The van der Waals surface area contributed by atoms with Crippen LogP contribution in [0, 0.1) is 12.8 Å². The number of nitrogens with one attached hydrogen (secondary N) is 1. The van der Waals surface area contributed by atoms with Crippen LogP contribution in [0.3, 0.4) is 0 Å². The highest BCUT2D eigenvalue weighted by molar-refractivity contribution is 5.77. The number of aromatic nitrogens is 2. The fraction of sp³-hybridized carbons (Fsp3) is 0.762. The topological polar surface area (TPSA) is 78.5 Å². The van der Waals surface area contributed by atoms with Gasteiger partial charge in [0.25, 0.3) is 5.56 Å². The Labute approximate surface area is 166 Å². The lowest BCUT2D eigenvalue weighted by Crippen LogP contribution is -2.42. The highest BCUT2D eigenvalue weighted by atomic mass is 16.5. The molecule has 2 aliphatic heterocycles. The number of carbonyl (C=O) groups is 1. The van der Waals surface area contributed by atoms with Crippen LogP contribution in [0.1, 0.15) is 56.7 Å². The first-order chi connectivity index (χ1) is 13.5. The molecule has 3 fully saturated rings. The Morgan fingerprint density at radius 1 is 1.25 bits per heavy atom. The number of rotatable bonds is 4. The molecule has 0 bridgehead atoms. The summed E-state index contributed by atoms with van der Waals surface area (Å²) in [6, 6.07) is 0.735. The fourth-order valence-corrected chi connectivity index (χ4v) is 5.31. The average molecular weight is 389 g/mol. The number of nitrogens with zero attached hydrogens (tertiary/aromatic N) is 3. The monoisotopic (exact) mass is 388 g/mol. The first kappa shape index (κ1) is 19.4. The zero-order chi connectivity index (χ0) is 19.7. The number of morpholine rings is 1. The van der Waals surface area contributed by atoms with Crippen molar-refractivity contribution in [3.8, 4) is 0 Å². The summed E-state index contributed by atoms with van der Waals surface area (Å²) >= 11 is 0. The Hall–Kier alpha value is -1.89. The highest BCUT2D eigenvalue weighted by Gasteiger charge is 2.42. The van der Waals surface area contributed by atoms with Crippen molar-refractivity contribution < 1.29 is 9.53 Å². The van der Waals surface area contributed by atoms with Crippen LogP contribution in [-0.2, 0) is 16.0 Å². The predicted octanol–water partition coefficient (Wildman–Crippen LogP) is 2.03. The van der Waals surface area contributed by atoms with Crippen LogP contribution in [-0.4, -0.2) is 59.2 Å². The molecule has 1 amide bonds. The minimum absolute atomic E-state index is 0.119. The molecule has 7 heteroatoms. The number of ether oxygens (including phenoxy) is 1. The first-order valence-electron chi connectivity index (χ1n) is 10.8. The molecule has 7 nitrogen and oxygen atoms in total. The number of amides is 1. The van der Waals surface area contributed by atoms with Crippen LogP contribution in [0.15, 0.2) is 4.79 Å². The Morgan fingerprint density at radius 3 is 2.75 bits per heavy atom. The number of likely N-dealkylation sites (tertiary alicyclic amines) is 1. The number of hydrogen-bond donors (Lipinski definition) is 1. The lowest BCUT2D eigenvalue weighted by molar-refractivity contribution is -0.134. The van der Waals surface area contributed by atoms with Crippen molar-refractivity contribution in [1.29, 1.82) is 0 Å². The van der Waals surface area contributed by atoms with E-state index in [1.165, 1.54) is 19.3 Å². The SMILES string of the molecule is Cc1nc(N2CCOCC2)[nH]c(=O)c1CCC(=O)N1C(C)CC2CCCCC21. The maximum absolute atomic E-state index is 13.0. The molecule has 2 saturated heterocycles. The van der Waals surface area contributed by atoms with E-state index in [0.717, 1.165) is 31.6 Å². The first-order valence-corrected chi connectivity index (χ1v) is 10.8. The van der Waals surface area contributed by atoms with E-state index >= 15 is 0 Å². The molecule has 3 atom stereocenters. The van der Waals surface area contributed by atoms with E-state index in [1.54, 1.807) is 0 Å². The van der Waals surface area contributed by atoms with Crippen molar-refractivity contribution in [3.05, 3.63) is 21.6 Å². The van der Waals surface area contributed by atoms with Gasteiger partial charge < -0.3 is 14.5 Å². The number of anilines is 1. The zero-order valence-corrected chi connectivity index (χ0v) is 17.1. The fourth-order valence-electron chi connectivity index (χ4n) is 5.31. The summed E-state index contributed by atoms with van der Waals surface area (Å²) in [5.74, 6) is 1.48. The van der Waals surface area contributed by atoms with Gasteiger partial charge in [-0.2, -0.15) is 0 Å².